The fraction of sp³-hybridized carbons (Fsp3) is 0.455. The molecule has 2 aromatic rings. The molecule has 0 aliphatic heterocycles. The number of halogens is 1. The summed E-state index contributed by atoms with van der Waals surface area (Å²) in [6.45, 7) is 5.84. The first-order chi connectivity index (χ1) is 9.17. The summed E-state index contributed by atoms with van der Waals surface area (Å²) in [6.07, 6.45) is 3.64. The van der Waals surface area contributed by atoms with Gasteiger partial charge in [0.15, 0.2) is 0 Å². The summed E-state index contributed by atoms with van der Waals surface area (Å²) in [7, 11) is 1.79. The third-order valence-corrected chi connectivity index (χ3v) is 3.19. The molecule has 0 saturated heterocycles. The molecule has 0 amide bonds. The number of hydrogen-bond donors (Lipinski definition) is 1. The summed E-state index contributed by atoms with van der Waals surface area (Å²) in [5.41, 5.74) is 0. The fourth-order valence-corrected chi connectivity index (χ4v) is 2.01. The van der Waals surface area contributed by atoms with E-state index in [0.717, 1.165) is 16.7 Å². The van der Waals surface area contributed by atoms with Crippen molar-refractivity contribution in [2.75, 3.05) is 30.4 Å². The largest absolute Gasteiger partial charge is 0.357 e. The lowest BCUT2D eigenvalue weighted by molar-refractivity contribution is 0.763. The SMILES string of the molecule is CCN(CC)c1nc(NC)nc(-n2cc(I)cn2)n1. The minimum atomic E-state index is 0.518. The molecule has 0 unspecified atom stereocenters. The first-order valence-electron chi connectivity index (χ1n) is 6.07. The normalized spacial score (nSPS) is 10.5. The van der Waals surface area contributed by atoms with Gasteiger partial charge in [-0.3, -0.25) is 0 Å². The summed E-state index contributed by atoms with van der Waals surface area (Å²) in [6, 6.07) is 0. The molecule has 0 aromatic carbocycles. The quantitative estimate of drug-likeness (QED) is 0.802. The Morgan fingerprint density at radius 2 is 2.00 bits per heavy atom. The monoisotopic (exact) mass is 373 g/mol. The molecule has 8 heteroatoms. The molecule has 0 aliphatic rings. The van der Waals surface area contributed by atoms with Gasteiger partial charge in [0.25, 0.3) is 5.95 Å². The number of nitrogens with zero attached hydrogens (tertiary/aromatic N) is 6. The van der Waals surface area contributed by atoms with Gasteiger partial charge in [0.1, 0.15) is 0 Å². The van der Waals surface area contributed by atoms with Crippen LogP contribution in [0.5, 0.6) is 0 Å². The van der Waals surface area contributed by atoms with Gasteiger partial charge in [0.05, 0.1) is 9.77 Å². The second-order valence-electron chi connectivity index (χ2n) is 3.78. The highest BCUT2D eigenvalue weighted by Crippen LogP contribution is 2.13. The van der Waals surface area contributed by atoms with Crippen molar-refractivity contribution in [3.05, 3.63) is 16.0 Å². The number of anilines is 2. The van der Waals surface area contributed by atoms with Crippen LogP contribution in [-0.2, 0) is 0 Å². The summed E-state index contributed by atoms with van der Waals surface area (Å²) in [5.74, 6) is 1.71. The van der Waals surface area contributed by atoms with E-state index in [9.17, 15) is 0 Å². The molecule has 0 bridgehead atoms. The summed E-state index contributed by atoms with van der Waals surface area (Å²) in [4.78, 5) is 15.2. The Hall–Kier alpha value is -1.45. The first kappa shape index (κ1) is 14.0. The molecular formula is C11H16IN7. The van der Waals surface area contributed by atoms with Crippen molar-refractivity contribution in [2.45, 2.75) is 13.8 Å². The number of hydrogen-bond acceptors (Lipinski definition) is 6. The zero-order valence-corrected chi connectivity index (χ0v) is 13.3. The summed E-state index contributed by atoms with van der Waals surface area (Å²) >= 11 is 2.20. The third-order valence-electron chi connectivity index (χ3n) is 2.64. The van der Waals surface area contributed by atoms with Crippen LogP contribution in [0, 0.1) is 3.57 Å². The Morgan fingerprint density at radius 3 is 2.53 bits per heavy atom. The Kier molecular flexibility index (Phi) is 4.51. The van der Waals surface area contributed by atoms with Gasteiger partial charge in [-0.1, -0.05) is 0 Å². The van der Waals surface area contributed by atoms with E-state index in [1.54, 1.807) is 17.9 Å². The lowest BCUT2D eigenvalue weighted by Gasteiger charge is -2.19. The van der Waals surface area contributed by atoms with E-state index in [1.807, 2.05) is 6.20 Å². The Balaban J connectivity index is 2.46. The van der Waals surface area contributed by atoms with Crippen molar-refractivity contribution in [3.63, 3.8) is 0 Å². The average Bonchev–Trinajstić information content (AvgIpc) is 2.86. The van der Waals surface area contributed by atoms with Crippen LogP contribution in [0.2, 0.25) is 0 Å². The highest BCUT2D eigenvalue weighted by molar-refractivity contribution is 14.1. The van der Waals surface area contributed by atoms with Crippen LogP contribution in [0.25, 0.3) is 5.95 Å². The maximum Gasteiger partial charge on any atom is 0.257 e. The van der Waals surface area contributed by atoms with E-state index < -0.39 is 0 Å². The first-order valence-corrected chi connectivity index (χ1v) is 7.15. The van der Waals surface area contributed by atoms with Gasteiger partial charge < -0.3 is 10.2 Å². The average molecular weight is 373 g/mol. The molecule has 0 radical (unpaired) electrons. The predicted molar refractivity (Wildman–Crippen MR) is 82.8 cm³/mol. The van der Waals surface area contributed by atoms with Crippen molar-refractivity contribution in [2.24, 2.45) is 0 Å². The van der Waals surface area contributed by atoms with E-state index in [4.69, 9.17) is 0 Å². The van der Waals surface area contributed by atoms with Crippen LogP contribution < -0.4 is 10.2 Å². The van der Waals surface area contributed by atoms with Crippen LogP contribution in [0.4, 0.5) is 11.9 Å². The summed E-state index contributed by atoms with van der Waals surface area (Å²) in [5, 5.41) is 7.18. The van der Waals surface area contributed by atoms with Crippen LogP contribution in [0.1, 0.15) is 13.8 Å². The van der Waals surface area contributed by atoms with Crippen LogP contribution >= 0.6 is 22.6 Å². The van der Waals surface area contributed by atoms with E-state index in [2.05, 4.69) is 66.7 Å². The molecule has 1 N–H and O–H groups in total. The highest BCUT2D eigenvalue weighted by atomic mass is 127. The van der Waals surface area contributed by atoms with E-state index >= 15 is 0 Å². The standard InChI is InChI=1S/C11H16IN7/c1-4-18(5-2)10-15-9(13-3)16-11(17-10)19-7-8(12)6-14-19/h6-7H,4-5H2,1-3H3,(H,13,15,16,17). The van der Waals surface area contributed by atoms with Crippen LogP contribution in [-0.4, -0.2) is 44.9 Å². The van der Waals surface area contributed by atoms with E-state index in [0.29, 0.717) is 17.8 Å². The molecule has 2 rings (SSSR count). The third kappa shape index (κ3) is 3.11. The van der Waals surface area contributed by atoms with Gasteiger partial charge in [-0.25, -0.2) is 4.68 Å². The van der Waals surface area contributed by atoms with Gasteiger partial charge in [-0.15, -0.1) is 0 Å². The second kappa shape index (κ2) is 6.13. The van der Waals surface area contributed by atoms with Gasteiger partial charge >= 0.3 is 0 Å². The van der Waals surface area contributed by atoms with Gasteiger partial charge in [0.2, 0.25) is 11.9 Å². The maximum atomic E-state index is 4.47. The van der Waals surface area contributed by atoms with Gasteiger partial charge in [-0.05, 0) is 36.4 Å². The fourth-order valence-electron chi connectivity index (χ4n) is 1.63. The maximum absolute atomic E-state index is 4.47. The molecular weight excluding hydrogens is 357 g/mol. The molecule has 19 heavy (non-hydrogen) atoms. The molecule has 2 aromatic heterocycles. The molecule has 0 atom stereocenters. The Bertz CT molecular complexity index is 550. The molecule has 0 saturated carbocycles. The lowest BCUT2D eigenvalue weighted by atomic mass is 10.5. The van der Waals surface area contributed by atoms with E-state index in [1.165, 1.54) is 0 Å². The van der Waals surface area contributed by atoms with Crippen molar-refractivity contribution in [1.29, 1.82) is 0 Å². The van der Waals surface area contributed by atoms with Gasteiger partial charge in [0, 0.05) is 26.3 Å². The van der Waals surface area contributed by atoms with Crippen molar-refractivity contribution < 1.29 is 0 Å². The van der Waals surface area contributed by atoms with Crippen molar-refractivity contribution in [3.8, 4) is 5.95 Å². The van der Waals surface area contributed by atoms with Crippen LogP contribution in [0.3, 0.4) is 0 Å². The smallest absolute Gasteiger partial charge is 0.257 e. The number of rotatable bonds is 5. The number of nitrogens with one attached hydrogen (secondary N) is 1. The topological polar surface area (TPSA) is 71.8 Å². The summed E-state index contributed by atoms with van der Waals surface area (Å²) < 4.78 is 2.69. The zero-order chi connectivity index (χ0) is 13.8. The van der Waals surface area contributed by atoms with Crippen molar-refractivity contribution >= 4 is 34.5 Å². The number of aromatic nitrogens is 5. The van der Waals surface area contributed by atoms with E-state index in [-0.39, 0.29) is 0 Å². The Morgan fingerprint density at radius 1 is 1.26 bits per heavy atom. The molecule has 0 fully saturated rings. The minimum Gasteiger partial charge on any atom is -0.357 e. The molecule has 2 heterocycles. The van der Waals surface area contributed by atoms with Crippen LogP contribution in [0.15, 0.2) is 12.4 Å². The molecule has 0 aliphatic carbocycles. The predicted octanol–water partition coefficient (Wildman–Crippen LogP) is 1.55. The zero-order valence-electron chi connectivity index (χ0n) is 11.1. The van der Waals surface area contributed by atoms with Crippen molar-refractivity contribution in [1.82, 2.24) is 24.7 Å². The molecule has 102 valence electrons. The molecule has 0 spiro atoms. The highest BCUT2D eigenvalue weighted by Gasteiger charge is 2.12. The molecule has 7 nitrogen and oxygen atoms in total. The van der Waals surface area contributed by atoms with Gasteiger partial charge in [-0.2, -0.15) is 20.1 Å². The second-order valence-corrected chi connectivity index (χ2v) is 5.03. The lowest BCUT2D eigenvalue weighted by Crippen LogP contribution is -2.25. The minimum absolute atomic E-state index is 0.518. The Labute approximate surface area is 125 Å².